The summed E-state index contributed by atoms with van der Waals surface area (Å²) in [4.78, 5) is 81.9. The first-order valence-corrected chi connectivity index (χ1v) is 19.4. The molecule has 4 aliphatic carbocycles. The van der Waals surface area contributed by atoms with Gasteiger partial charge in [-0.15, -0.1) is 0 Å². The lowest BCUT2D eigenvalue weighted by atomic mass is 9.72. The number of Topliss-reactive ketones (excluding diaryl/α,β-unsaturated/α-hetero) is 2. The summed E-state index contributed by atoms with van der Waals surface area (Å²) in [5.41, 5.74) is -3.69. The summed E-state index contributed by atoms with van der Waals surface area (Å²) in [5, 5.41) is 11.2. The molecule has 2 unspecified atom stereocenters. The van der Waals surface area contributed by atoms with E-state index in [0.29, 0.717) is 12.8 Å². The molecular formula is C35H55N5O8S. The number of carbonyl (C=O) groups excluding carboxylic acids is 6. The molecule has 0 spiro atoms. The molecule has 274 valence electrons. The second kappa shape index (κ2) is 12.3. The minimum absolute atomic E-state index is 0.00240. The molecule has 4 N–H and O–H groups in total. The Hall–Kier alpha value is -3.03. The maximum Gasteiger partial charge on any atom is 0.315 e. The summed E-state index contributed by atoms with van der Waals surface area (Å²) in [6.07, 6.45) is 4.44. The minimum Gasteiger partial charge on any atom is -0.347 e. The molecule has 5 aliphatic rings. The number of likely N-dealkylation sites (tertiary alicyclic amines) is 1. The van der Waals surface area contributed by atoms with Crippen LogP contribution < -0.4 is 21.3 Å². The lowest BCUT2D eigenvalue weighted by Crippen LogP contribution is -2.69. The fraction of sp³-hybridized carbons (Fsp3) is 0.829. The van der Waals surface area contributed by atoms with Crippen LogP contribution >= 0.6 is 0 Å². The zero-order valence-electron chi connectivity index (χ0n) is 30.3. The van der Waals surface area contributed by atoms with Crippen LogP contribution in [-0.4, -0.2) is 94.9 Å². The van der Waals surface area contributed by atoms with E-state index in [0.717, 1.165) is 32.1 Å². The molecule has 14 heteroatoms. The molecule has 5 rings (SSSR count). The number of hydrogen-bond acceptors (Lipinski definition) is 8. The standard InChI is InChI=1S/C35H55N5O8S/c1-31(2,3)25(37-30(46)39-34(14-10-9-11-15-34)19-49(47,48)32(4,5)6)29(45)40-18-22-23(33(22,7)8)24(40)27(43)38-35(16-21(41)17-35)26(42)28(44)36-20-12-13-20/h20,22-25H,9-19H2,1-8H3,(H,36,44)(H,38,43)(H2,37,39,46)/t22?,23?,24-,25-/m0/s1. The normalized spacial score (nSPS) is 27.6. The maximum absolute atomic E-state index is 14.4. The number of hydrogen-bond donors (Lipinski definition) is 4. The van der Waals surface area contributed by atoms with Crippen molar-refractivity contribution in [1.29, 1.82) is 0 Å². The van der Waals surface area contributed by atoms with Gasteiger partial charge in [-0.2, -0.15) is 0 Å². The van der Waals surface area contributed by atoms with E-state index in [2.05, 4.69) is 21.3 Å². The molecule has 13 nitrogen and oxygen atoms in total. The summed E-state index contributed by atoms with van der Waals surface area (Å²) in [6.45, 7) is 14.6. The molecule has 1 saturated heterocycles. The second-order valence-electron chi connectivity index (χ2n) is 18.0. The molecule has 0 radical (unpaired) electrons. The van der Waals surface area contributed by atoms with Gasteiger partial charge in [-0.25, -0.2) is 13.2 Å². The predicted octanol–water partition coefficient (Wildman–Crippen LogP) is 2.17. The smallest absolute Gasteiger partial charge is 0.315 e. The molecule has 1 heterocycles. The van der Waals surface area contributed by atoms with Gasteiger partial charge in [-0.1, -0.05) is 53.9 Å². The van der Waals surface area contributed by atoms with Crippen molar-refractivity contribution in [3.8, 4) is 0 Å². The van der Waals surface area contributed by atoms with Crippen LogP contribution in [0.25, 0.3) is 0 Å². The second-order valence-corrected chi connectivity index (χ2v) is 20.8. The van der Waals surface area contributed by atoms with Crippen molar-refractivity contribution >= 4 is 45.2 Å². The highest BCUT2D eigenvalue weighted by Crippen LogP contribution is 2.65. The van der Waals surface area contributed by atoms with Gasteiger partial charge < -0.3 is 26.2 Å². The molecule has 0 aromatic heterocycles. The number of nitrogens with one attached hydrogen (secondary N) is 4. The van der Waals surface area contributed by atoms with Crippen molar-refractivity contribution in [3.63, 3.8) is 0 Å². The van der Waals surface area contributed by atoms with Crippen molar-refractivity contribution in [2.24, 2.45) is 22.7 Å². The van der Waals surface area contributed by atoms with Gasteiger partial charge in [-0.3, -0.25) is 24.0 Å². The number of urea groups is 1. The Kier molecular flexibility index (Phi) is 9.37. The van der Waals surface area contributed by atoms with E-state index in [1.807, 2.05) is 13.8 Å². The Bertz CT molecular complexity index is 1520. The van der Waals surface area contributed by atoms with E-state index < -0.39 is 72.7 Å². The van der Waals surface area contributed by atoms with Gasteiger partial charge >= 0.3 is 6.03 Å². The van der Waals surface area contributed by atoms with Crippen LogP contribution in [0.15, 0.2) is 0 Å². The monoisotopic (exact) mass is 705 g/mol. The molecule has 0 aromatic carbocycles. The van der Waals surface area contributed by atoms with E-state index >= 15 is 0 Å². The predicted molar refractivity (Wildman–Crippen MR) is 182 cm³/mol. The number of fused-ring (bicyclic) bond motifs is 1. The van der Waals surface area contributed by atoms with Crippen molar-refractivity contribution in [1.82, 2.24) is 26.2 Å². The van der Waals surface area contributed by atoms with Crippen LogP contribution in [0.4, 0.5) is 4.79 Å². The first-order valence-electron chi connectivity index (χ1n) is 17.7. The van der Waals surface area contributed by atoms with Gasteiger partial charge in [0.15, 0.2) is 9.84 Å². The molecule has 49 heavy (non-hydrogen) atoms. The van der Waals surface area contributed by atoms with Gasteiger partial charge in [0.1, 0.15) is 23.4 Å². The fourth-order valence-electron chi connectivity index (χ4n) is 8.08. The molecule has 4 saturated carbocycles. The van der Waals surface area contributed by atoms with E-state index in [1.54, 1.807) is 41.5 Å². The SMILES string of the molecule is CC1(C)C2CN(C(=O)[C@H](NC(=O)NC3(CS(=O)(=O)C(C)(C)C)CCCCC3)C(C)(C)C)[C@H](C(=O)NC3(C(=O)C(=O)NC4CC4)CC(=O)C3)C21. The van der Waals surface area contributed by atoms with Gasteiger partial charge in [-0.05, 0) is 69.1 Å². The van der Waals surface area contributed by atoms with Crippen LogP contribution in [0.3, 0.4) is 0 Å². The van der Waals surface area contributed by atoms with Crippen LogP contribution in [-0.2, 0) is 33.8 Å². The van der Waals surface area contributed by atoms with Gasteiger partial charge in [0.05, 0.1) is 16.0 Å². The summed E-state index contributed by atoms with van der Waals surface area (Å²) >= 11 is 0. The Morgan fingerprint density at radius 1 is 0.918 bits per heavy atom. The molecule has 1 aliphatic heterocycles. The van der Waals surface area contributed by atoms with E-state index in [4.69, 9.17) is 0 Å². The molecule has 5 amide bonds. The number of rotatable bonds is 10. The van der Waals surface area contributed by atoms with Gasteiger partial charge in [0.2, 0.25) is 17.6 Å². The fourth-order valence-corrected chi connectivity index (χ4v) is 9.60. The number of carbonyl (C=O) groups is 6. The lowest BCUT2D eigenvalue weighted by Gasteiger charge is -2.42. The highest BCUT2D eigenvalue weighted by Gasteiger charge is 2.70. The first-order chi connectivity index (χ1) is 22.4. The first kappa shape index (κ1) is 37.2. The van der Waals surface area contributed by atoms with Crippen LogP contribution in [0.1, 0.15) is 113 Å². The number of piperidine rings is 1. The van der Waals surface area contributed by atoms with Crippen LogP contribution in [0, 0.1) is 22.7 Å². The van der Waals surface area contributed by atoms with Crippen molar-refractivity contribution in [2.45, 2.75) is 147 Å². The molecular weight excluding hydrogens is 650 g/mol. The Morgan fingerprint density at radius 3 is 2.02 bits per heavy atom. The highest BCUT2D eigenvalue weighted by molar-refractivity contribution is 7.92. The van der Waals surface area contributed by atoms with E-state index in [-0.39, 0.29) is 54.2 Å². The molecule has 0 bridgehead atoms. The zero-order chi connectivity index (χ0) is 36.5. The maximum atomic E-state index is 14.4. The summed E-state index contributed by atoms with van der Waals surface area (Å²) in [6, 6.07) is -2.78. The van der Waals surface area contributed by atoms with E-state index in [1.165, 1.54) is 4.90 Å². The summed E-state index contributed by atoms with van der Waals surface area (Å²) < 4.78 is 25.6. The van der Waals surface area contributed by atoms with Crippen LogP contribution in [0.2, 0.25) is 0 Å². The minimum atomic E-state index is -3.58. The zero-order valence-corrected chi connectivity index (χ0v) is 31.1. The number of ketones is 2. The topological polar surface area (TPSA) is 188 Å². The lowest BCUT2D eigenvalue weighted by molar-refractivity contribution is -0.152. The molecule has 4 atom stereocenters. The van der Waals surface area contributed by atoms with Crippen molar-refractivity contribution < 1.29 is 37.2 Å². The van der Waals surface area contributed by atoms with Crippen molar-refractivity contribution in [3.05, 3.63) is 0 Å². The average molecular weight is 706 g/mol. The summed E-state index contributed by atoms with van der Waals surface area (Å²) in [5.74, 6) is -3.42. The largest absolute Gasteiger partial charge is 0.347 e. The quantitative estimate of drug-likeness (QED) is 0.249. The third-order valence-corrected chi connectivity index (χ3v) is 14.4. The van der Waals surface area contributed by atoms with Crippen LogP contribution in [0.5, 0.6) is 0 Å². The number of amides is 5. The Morgan fingerprint density at radius 2 is 1.51 bits per heavy atom. The number of nitrogens with zero attached hydrogens (tertiary/aromatic N) is 1. The molecule has 0 aromatic rings. The van der Waals surface area contributed by atoms with E-state index in [9.17, 15) is 37.2 Å². The Labute approximate surface area is 290 Å². The van der Waals surface area contributed by atoms with Crippen molar-refractivity contribution in [2.75, 3.05) is 12.3 Å². The number of sulfone groups is 1. The highest BCUT2D eigenvalue weighted by atomic mass is 32.2. The third kappa shape index (κ3) is 7.26. The Balaban J connectivity index is 1.35. The third-order valence-electron chi connectivity index (χ3n) is 11.7. The van der Waals surface area contributed by atoms with Gasteiger partial charge in [0.25, 0.3) is 5.91 Å². The van der Waals surface area contributed by atoms with Gasteiger partial charge in [0, 0.05) is 25.4 Å². The average Bonchev–Trinajstić information content (AvgIpc) is 3.80. The summed E-state index contributed by atoms with van der Waals surface area (Å²) in [7, 11) is -3.58. The molecule has 5 fully saturated rings.